The van der Waals surface area contributed by atoms with Crippen molar-refractivity contribution in [2.75, 3.05) is 12.8 Å². The Hall–Kier alpha value is -1.49. The summed E-state index contributed by atoms with van der Waals surface area (Å²) in [6, 6.07) is 3.58. The molecule has 1 aromatic heterocycles. The molecule has 2 aromatic rings. The average Bonchev–Trinajstić information content (AvgIpc) is 2.54. The number of hydrogen-bond donors (Lipinski definition) is 1. The molecular formula is C11H11BrN2O2. The number of aryl methyl sites for hydroxylation is 1. The van der Waals surface area contributed by atoms with Crippen LogP contribution in [0.1, 0.15) is 10.4 Å². The van der Waals surface area contributed by atoms with E-state index in [9.17, 15) is 4.79 Å². The highest BCUT2D eigenvalue weighted by Crippen LogP contribution is 2.30. The summed E-state index contributed by atoms with van der Waals surface area (Å²) >= 11 is 3.43. The normalized spacial score (nSPS) is 10.7. The van der Waals surface area contributed by atoms with Crippen molar-refractivity contribution in [1.29, 1.82) is 0 Å². The number of methoxy groups -OCH3 is 1. The first-order valence-corrected chi connectivity index (χ1v) is 5.46. The molecule has 0 amide bonds. The van der Waals surface area contributed by atoms with Gasteiger partial charge in [-0.3, -0.25) is 0 Å². The van der Waals surface area contributed by atoms with Crippen LogP contribution in [0.15, 0.2) is 22.8 Å². The van der Waals surface area contributed by atoms with Crippen molar-refractivity contribution in [1.82, 2.24) is 4.57 Å². The van der Waals surface area contributed by atoms with Gasteiger partial charge in [0.1, 0.15) is 0 Å². The number of halogens is 1. The van der Waals surface area contributed by atoms with Crippen molar-refractivity contribution >= 4 is 38.5 Å². The molecule has 84 valence electrons. The van der Waals surface area contributed by atoms with Gasteiger partial charge in [-0.15, -0.1) is 0 Å². The minimum absolute atomic E-state index is 0.358. The van der Waals surface area contributed by atoms with E-state index >= 15 is 0 Å². The lowest BCUT2D eigenvalue weighted by Gasteiger charge is -2.01. The first-order valence-electron chi connectivity index (χ1n) is 4.67. The summed E-state index contributed by atoms with van der Waals surface area (Å²) in [6.45, 7) is 0. The molecule has 5 heteroatoms. The molecule has 0 unspecified atom stereocenters. The Morgan fingerprint density at radius 3 is 2.81 bits per heavy atom. The van der Waals surface area contributed by atoms with E-state index in [0.29, 0.717) is 11.3 Å². The van der Waals surface area contributed by atoms with Crippen LogP contribution in [-0.4, -0.2) is 17.6 Å². The van der Waals surface area contributed by atoms with Crippen molar-refractivity contribution in [2.24, 2.45) is 7.05 Å². The van der Waals surface area contributed by atoms with Gasteiger partial charge in [0.25, 0.3) is 0 Å². The summed E-state index contributed by atoms with van der Waals surface area (Å²) in [7, 11) is 3.23. The third-order valence-corrected chi connectivity index (χ3v) is 3.06. The lowest BCUT2D eigenvalue weighted by atomic mass is 10.1. The van der Waals surface area contributed by atoms with Gasteiger partial charge < -0.3 is 15.0 Å². The van der Waals surface area contributed by atoms with E-state index in [-0.39, 0.29) is 5.97 Å². The maximum absolute atomic E-state index is 11.6. The molecule has 0 atom stereocenters. The zero-order chi connectivity index (χ0) is 11.9. The minimum atomic E-state index is -0.358. The second-order valence-electron chi connectivity index (χ2n) is 3.54. The van der Waals surface area contributed by atoms with Crippen molar-refractivity contribution in [3.05, 3.63) is 28.4 Å². The van der Waals surface area contributed by atoms with Crippen LogP contribution in [0, 0.1) is 0 Å². The number of ether oxygens (including phenoxy) is 1. The number of benzene rings is 1. The third-order valence-electron chi connectivity index (χ3n) is 2.46. The summed E-state index contributed by atoms with van der Waals surface area (Å²) in [6.07, 6.45) is 1.74. The van der Waals surface area contributed by atoms with Crippen molar-refractivity contribution in [3.63, 3.8) is 0 Å². The van der Waals surface area contributed by atoms with Crippen LogP contribution in [0.25, 0.3) is 10.9 Å². The number of aromatic nitrogens is 1. The molecule has 0 saturated carbocycles. The second-order valence-corrected chi connectivity index (χ2v) is 4.40. The molecule has 0 aliphatic heterocycles. The number of rotatable bonds is 1. The van der Waals surface area contributed by atoms with Gasteiger partial charge in [-0.2, -0.15) is 0 Å². The molecule has 0 spiro atoms. The van der Waals surface area contributed by atoms with E-state index in [2.05, 4.69) is 15.9 Å². The Morgan fingerprint density at radius 2 is 2.19 bits per heavy atom. The molecule has 0 radical (unpaired) electrons. The lowest BCUT2D eigenvalue weighted by molar-refractivity contribution is 0.0603. The number of nitrogens with two attached hydrogens (primary N) is 1. The number of nitrogens with zero attached hydrogens (tertiary/aromatic N) is 1. The van der Waals surface area contributed by atoms with Gasteiger partial charge in [0.15, 0.2) is 0 Å². The van der Waals surface area contributed by atoms with Crippen LogP contribution in [0.2, 0.25) is 0 Å². The predicted octanol–water partition coefficient (Wildman–Crippen LogP) is 2.31. The number of carbonyl (C=O) groups excluding carboxylic acids is 1. The average molecular weight is 283 g/mol. The van der Waals surface area contributed by atoms with E-state index in [1.165, 1.54) is 7.11 Å². The van der Waals surface area contributed by atoms with Gasteiger partial charge >= 0.3 is 5.97 Å². The Balaban J connectivity index is 2.83. The molecule has 16 heavy (non-hydrogen) atoms. The van der Waals surface area contributed by atoms with E-state index in [0.717, 1.165) is 15.4 Å². The number of carbonyl (C=O) groups is 1. The molecule has 4 nitrogen and oxygen atoms in total. The zero-order valence-electron chi connectivity index (χ0n) is 8.95. The fourth-order valence-corrected chi connectivity index (χ4v) is 2.54. The Morgan fingerprint density at radius 1 is 1.50 bits per heavy atom. The summed E-state index contributed by atoms with van der Waals surface area (Å²) in [4.78, 5) is 11.6. The predicted molar refractivity (Wildman–Crippen MR) is 66.4 cm³/mol. The van der Waals surface area contributed by atoms with Gasteiger partial charge in [-0.1, -0.05) is 0 Å². The highest BCUT2D eigenvalue weighted by atomic mass is 79.9. The molecule has 1 heterocycles. The minimum Gasteiger partial charge on any atom is -0.465 e. The van der Waals surface area contributed by atoms with Crippen LogP contribution >= 0.6 is 15.9 Å². The summed E-state index contributed by atoms with van der Waals surface area (Å²) in [5, 5.41) is 0.793. The monoisotopic (exact) mass is 282 g/mol. The number of fused-ring (bicyclic) bond motifs is 1. The smallest absolute Gasteiger partial charge is 0.340 e. The fraction of sp³-hybridized carbons (Fsp3) is 0.182. The van der Waals surface area contributed by atoms with Crippen molar-refractivity contribution in [2.45, 2.75) is 0 Å². The van der Waals surface area contributed by atoms with Crippen molar-refractivity contribution in [3.8, 4) is 0 Å². The highest BCUT2D eigenvalue weighted by molar-refractivity contribution is 9.10. The molecule has 0 aliphatic carbocycles. The molecule has 0 aliphatic rings. The third kappa shape index (κ3) is 1.57. The Labute approximate surface area is 101 Å². The van der Waals surface area contributed by atoms with Crippen LogP contribution in [0.4, 0.5) is 5.69 Å². The number of hydrogen-bond acceptors (Lipinski definition) is 3. The largest absolute Gasteiger partial charge is 0.465 e. The number of nitrogen functional groups attached to an aromatic ring is 1. The maximum atomic E-state index is 11.6. The summed E-state index contributed by atoms with van der Waals surface area (Å²) < 4.78 is 7.46. The molecular weight excluding hydrogens is 272 g/mol. The van der Waals surface area contributed by atoms with Gasteiger partial charge in [0.2, 0.25) is 0 Å². The van der Waals surface area contributed by atoms with Gasteiger partial charge in [0, 0.05) is 28.8 Å². The Kier molecular flexibility index (Phi) is 2.63. The second kappa shape index (κ2) is 3.83. The van der Waals surface area contributed by atoms with E-state index in [4.69, 9.17) is 10.5 Å². The van der Waals surface area contributed by atoms with Crippen LogP contribution in [-0.2, 0) is 11.8 Å². The molecule has 0 saturated heterocycles. The molecule has 2 rings (SSSR count). The topological polar surface area (TPSA) is 57.2 Å². The van der Waals surface area contributed by atoms with Crippen LogP contribution in [0.5, 0.6) is 0 Å². The molecule has 0 fully saturated rings. The Bertz CT molecular complexity index is 575. The fourth-order valence-electron chi connectivity index (χ4n) is 1.78. The molecule has 1 aromatic carbocycles. The van der Waals surface area contributed by atoms with E-state index < -0.39 is 0 Å². The maximum Gasteiger partial charge on any atom is 0.340 e. The quantitative estimate of drug-likeness (QED) is 0.645. The molecule has 0 bridgehead atoms. The highest BCUT2D eigenvalue weighted by Gasteiger charge is 2.16. The zero-order valence-corrected chi connectivity index (χ0v) is 10.5. The van der Waals surface area contributed by atoms with E-state index in [1.807, 2.05) is 17.7 Å². The number of esters is 1. The van der Waals surface area contributed by atoms with Crippen LogP contribution in [0.3, 0.4) is 0 Å². The first-order chi connectivity index (χ1) is 7.54. The SMILES string of the molecule is COC(=O)c1cn(C)c2c(Br)cc(N)cc12. The standard InChI is InChI=1S/C11H11BrN2O2/c1-14-5-8(11(15)16-2)7-3-6(13)4-9(12)10(7)14/h3-5H,13H2,1-2H3. The first kappa shape index (κ1) is 11.0. The van der Waals surface area contributed by atoms with Gasteiger partial charge in [0.05, 0.1) is 18.2 Å². The van der Waals surface area contributed by atoms with Gasteiger partial charge in [-0.05, 0) is 28.1 Å². The summed E-state index contributed by atoms with van der Waals surface area (Å²) in [5.74, 6) is -0.358. The van der Waals surface area contributed by atoms with E-state index in [1.54, 1.807) is 12.3 Å². The van der Waals surface area contributed by atoms with Gasteiger partial charge in [-0.25, -0.2) is 4.79 Å². The molecule has 2 N–H and O–H groups in total. The lowest BCUT2D eigenvalue weighted by Crippen LogP contribution is -1.99. The van der Waals surface area contributed by atoms with Crippen LogP contribution < -0.4 is 5.73 Å². The number of anilines is 1. The summed E-state index contributed by atoms with van der Waals surface area (Å²) in [5.41, 5.74) is 7.81. The van der Waals surface area contributed by atoms with Crippen molar-refractivity contribution < 1.29 is 9.53 Å².